The predicted octanol–water partition coefficient (Wildman–Crippen LogP) is 5.27. The standard InChI is InChI=1S/C27H24FN3O3/c1-18-4-6-20(7-5-18)26-17-25(29-31(26)22-12-14-23(34-3)15-13-22)24(16-27(32)30(2)33)19-8-10-21(28)11-9-19/h4-17,33H,1-3H3/b24-16+. The molecule has 0 saturated heterocycles. The lowest BCUT2D eigenvalue weighted by Crippen LogP contribution is -2.20. The van der Waals surface area contributed by atoms with E-state index in [1.54, 1.807) is 23.9 Å². The van der Waals surface area contributed by atoms with Gasteiger partial charge < -0.3 is 4.74 Å². The molecule has 0 unspecified atom stereocenters. The van der Waals surface area contributed by atoms with Crippen molar-refractivity contribution in [3.63, 3.8) is 0 Å². The van der Waals surface area contributed by atoms with Crippen LogP contribution in [0.2, 0.25) is 0 Å². The van der Waals surface area contributed by atoms with Crippen molar-refractivity contribution in [2.75, 3.05) is 14.2 Å². The SMILES string of the molecule is COc1ccc(-n2nc(/C(=C/C(=O)N(C)O)c3ccc(F)cc3)cc2-c2ccc(C)cc2)cc1. The number of halogens is 1. The summed E-state index contributed by atoms with van der Waals surface area (Å²) in [6, 6.07) is 23.2. The summed E-state index contributed by atoms with van der Waals surface area (Å²) in [5.41, 5.74) is 5.20. The number of hydroxylamine groups is 2. The van der Waals surface area contributed by atoms with Gasteiger partial charge in [-0.25, -0.2) is 14.1 Å². The number of methoxy groups -OCH3 is 1. The van der Waals surface area contributed by atoms with Crippen molar-refractivity contribution >= 4 is 11.5 Å². The van der Waals surface area contributed by atoms with Gasteiger partial charge in [-0.2, -0.15) is 5.10 Å². The highest BCUT2D eigenvalue weighted by atomic mass is 19.1. The van der Waals surface area contributed by atoms with E-state index in [0.717, 1.165) is 28.3 Å². The number of nitrogens with zero attached hydrogens (tertiary/aromatic N) is 3. The van der Waals surface area contributed by atoms with Crippen LogP contribution < -0.4 is 4.74 Å². The first-order chi connectivity index (χ1) is 16.4. The summed E-state index contributed by atoms with van der Waals surface area (Å²) >= 11 is 0. The summed E-state index contributed by atoms with van der Waals surface area (Å²) in [7, 11) is 2.85. The molecule has 6 nitrogen and oxygen atoms in total. The number of hydrogen-bond donors (Lipinski definition) is 1. The second-order valence-corrected chi connectivity index (χ2v) is 7.82. The Morgan fingerprint density at radius 3 is 2.26 bits per heavy atom. The van der Waals surface area contributed by atoms with Gasteiger partial charge in [-0.1, -0.05) is 42.0 Å². The van der Waals surface area contributed by atoms with Gasteiger partial charge in [0.15, 0.2) is 0 Å². The van der Waals surface area contributed by atoms with Gasteiger partial charge in [0.05, 0.1) is 24.2 Å². The fourth-order valence-electron chi connectivity index (χ4n) is 3.51. The van der Waals surface area contributed by atoms with Crippen LogP contribution in [0.3, 0.4) is 0 Å². The molecule has 0 saturated carbocycles. The Labute approximate surface area is 197 Å². The molecule has 34 heavy (non-hydrogen) atoms. The minimum atomic E-state index is -0.629. The third-order valence-electron chi connectivity index (χ3n) is 5.39. The van der Waals surface area contributed by atoms with Gasteiger partial charge in [0.25, 0.3) is 5.91 Å². The maximum absolute atomic E-state index is 13.6. The normalized spacial score (nSPS) is 11.4. The van der Waals surface area contributed by atoms with Crippen LogP contribution in [0.5, 0.6) is 5.75 Å². The van der Waals surface area contributed by atoms with E-state index in [-0.39, 0.29) is 0 Å². The Hall–Kier alpha value is -4.23. The van der Waals surface area contributed by atoms with Crippen molar-refractivity contribution in [2.24, 2.45) is 0 Å². The van der Waals surface area contributed by atoms with Gasteiger partial charge in [0.2, 0.25) is 0 Å². The highest BCUT2D eigenvalue weighted by molar-refractivity contribution is 5.98. The Balaban J connectivity index is 1.92. The van der Waals surface area contributed by atoms with Crippen LogP contribution in [0.15, 0.2) is 84.9 Å². The number of aryl methyl sites for hydroxylation is 1. The van der Waals surface area contributed by atoms with E-state index >= 15 is 0 Å². The molecule has 0 atom stereocenters. The predicted molar refractivity (Wildman–Crippen MR) is 128 cm³/mol. The molecule has 1 aromatic heterocycles. The van der Waals surface area contributed by atoms with E-state index in [4.69, 9.17) is 9.84 Å². The molecule has 1 heterocycles. The average Bonchev–Trinajstić information content (AvgIpc) is 3.28. The van der Waals surface area contributed by atoms with Crippen molar-refractivity contribution in [3.05, 3.63) is 108 Å². The molecule has 0 spiro atoms. The molecule has 4 rings (SSSR count). The Morgan fingerprint density at radius 2 is 1.68 bits per heavy atom. The molecular weight excluding hydrogens is 433 g/mol. The zero-order valence-corrected chi connectivity index (χ0v) is 19.1. The number of carbonyl (C=O) groups is 1. The number of ether oxygens (including phenoxy) is 1. The van der Waals surface area contributed by atoms with Gasteiger partial charge in [0.1, 0.15) is 11.6 Å². The number of carbonyl (C=O) groups excluding carboxylic acids is 1. The van der Waals surface area contributed by atoms with Crippen LogP contribution in [0.1, 0.15) is 16.8 Å². The zero-order valence-electron chi connectivity index (χ0n) is 19.1. The highest BCUT2D eigenvalue weighted by Crippen LogP contribution is 2.31. The van der Waals surface area contributed by atoms with Crippen LogP contribution in [0.25, 0.3) is 22.5 Å². The topological polar surface area (TPSA) is 67.6 Å². The quantitative estimate of drug-likeness (QED) is 0.243. The molecule has 0 fully saturated rings. The molecule has 1 amide bonds. The molecule has 1 N–H and O–H groups in total. The van der Waals surface area contributed by atoms with Crippen molar-refractivity contribution < 1.29 is 19.1 Å². The van der Waals surface area contributed by atoms with Crippen molar-refractivity contribution in [2.45, 2.75) is 6.92 Å². The van der Waals surface area contributed by atoms with Crippen molar-refractivity contribution in [1.82, 2.24) is 14.8 Å². The van der Waals surface area contributed by atoms with Crippen LogP contribution >= 0.6 is 0 Å². The third-order valence-corrected chi connectivity index (χ3v) is 5.39. The van der Waals surface area contributed by atoms with E-state index in [9.17, 15) is 14.4 Å². The fourth-order valence-corrected chi connectivity index (χ4v) is 3.51. The lowest BCUT2D eigenvalue weighted by Gasteiger charge is -2.09. The minimum Gasteiger partial charge on any atom is -0.497 e. The summed E-state index contributed by atoms with van der Waals surface area (Å²) < 4.78 is 20.6. The van der Waals surface area contributed by atoms with E-state index in [1.807, 2.05) is 61.5 Å². The second-order valence-electron chi connectivity index (χ2n) is 7.82. The maximum Gasteiger partial charge on any atom is 0.270 e. The Morgan fingerprint density at radius 1 is 1.03 bits per heavy atom. The van der Waals surface area contributed by atoms with E-state index < -0.39 is 11.7 Å². The van der Waals surface area contributed by atoms with Gasteiger partial charge >= 0.3 is 0 Å². The average molecular weight is 458 g/mol. The summed E-state index contributed by atoms with van der Waals surface area (Å²) in [5, 5.41) is 14.9. The van der Waals surface area contributed by atoms with Crippen LogP contribution in [-0.2, 0) is 4.79 Å². The molecule has 4 aromatic rings. The minimum absolute atomic E-state index is 0.391. The van der Waals surface area contributed by atoms with Gasteiger partial charge in [-0.3, -0.25) is 10.0 Å². The van der Waals surface area contributed by atoms with Gasteiger partial charge in [-0.15, -0.1) is 0 Å². The third kappa shape index (κ3) is 4.89. The molecule has 7 heteroatoms. The smallest absolute Gasteiger partial charge is 0.270 e. The van der Waals surface area contributed by atoms with E-state index in [0.29, 0.717) is 21.9 Å². The van der Waals surface area contributed by atoms with E-state index in [1.165, 1.54) is 25.3 Å². The van der Waals surface area contributed by atoms with Crippen LogP contribution in [0.4, 0.5) is 4.39 Å². The molecular formula is C27H24FN3O3. The number of likely N-dealkylation sites (N-methyl/N-ethyl adjacent to an activating group) is 1. The summed E-state index contributed by atoms with van der Waals surface area (Å²) in [6.45, 7) is 2.02. The summed E-state index contributed by atoms with van der Waals surface area (Å²) in [6.07, 6.45) is 1.28. The zero-order chi connectivity index (χ0) is 24.2. The Kier molecular flexibility index (Phi) is 6.56. The number of rotatable bonds is 6. The molecule has 0 aliphatic rings. The molecule has 0 aliphatic heterocycles. The fraction of sp³-hybridized carbons (Fsp3) is 0.111. The van der Waals surface area contributed by atoms with E-state index in [2.05, 4.69) is 0 Å². The van der Waals surface area contributed by atoms with Gasteiger partial charge in [-0.05, 0) is 55.0 Å². The first-order valence-electron chi connectivity index (χ1n) is 10.6. The molecule has 0 radical (unpaired) electrons. The maximum atomic E-state index is 13.6. The molecule has 0 aliphatic carbocycles. The van der Waals surface area contributed by atoms with Crippen molar-refractivity contribution in [1.29, 1.82) is 0 Å². The lowest BCUT2D eigenvalue weighted by molar-refractivity contribution is -0.153. The van der Waals surface area contributed by atoms with Crippen LogP contribution in [-0.4, -0.2) is 40.1 Å². The highest BCUT2D eigenvalue weighted by Gasteiger charge is 2.18. The summed E-state index contributed by atoms with van der Waals surface area (Å²) in [4.78, 5) is 12.4. The first-order valence-corrected chi connectivity index (χ1v) is 10.6. The second kappa shape index (κ2) is 9.72. The molecule has 0 bridgehead atoms. The summed E-state index contributed by atoms with van der Waals surface area (Å²) in [5.74, 6) is -0.301. The molecule has 172 valence electrons. The first kappa shape index (κ1) is 22.9. The monoisotopic (exact) mass is 457 g/mol. The van der Waals surface area contributed by atoms with Crippen molar-refractivity contribution in [3.8, 4) is 22.7 Å². The van der Waals surface area contributed by atoms with Gasteiger partial charge in [0, 0.05) is 24.3 Å². The number of hydrogen-bond acceptors (Lipinski definition) is 4. The number of amides is 1. The number of benzene rings is 3. The largest absolute Gasteiger partial charge is 0.497 e. The Bertz CT molecular complexity index is 1320. The molecule has 3 aromatic carbocycles. The van der Waals surface area contributed by atoms with Crippen LogP contribution in [0, 0.1) is 12.7 Å². The lowest BCUT2D eigenvalue weighted by atomic mass is 10.0. The number of aromatic nitrogens is 2.